The van der Waals surface area contributed by atoms with Crippen molar-refractivity contribution in [2.75, 3.05) is 12.4 Å². The van der Waals surface area contributed by atoms with Crippen LogP contribution in [0.2, 0.25) is 5.02 Å². The lowest BCUT2D eigenvalue weighted by molar-refractivity contribution is 0.476. The van der Waals surface area contributed by atoms with Crippen LogP contribution in [0.25, 0.3) is 0 Å². The first-order valence-corrected chi connectivity index (χ1v) is 7.79. The first kappa shape index (κ1) is 17.3. The molecule has 0 saturated carbocycles. The maximum Gasteiger partial charge on any atom is 0.142 e. The number of rotatable bonds is 4. The van der Waals surface area contributed by atoms with Crippen LogP contribution in [0.4, 0.5) is 10.1 Å². The van der Waals surface area contributed by atoms with E-state index < -0.39 is 5.82 Å². The molecule has 0 aliphatic carbocycles. The molecule has 2 aromatic rings. The lowest BCUT2D eigenvalue weighted by Gasteiger charge is -2.15. The summed E-state index contributed by atoms with van der Waals surface area (Å²) < 4.78 is 19.0. The molecule has 2 rings (SSSR count). The second kappa shape index (κ2) is 7.47. The van der Waals surface area contributed by atoms with Crippen LogP contribution < -0.4 is 10.1 Å². The molecule has 0 heterocycles. The van der Waals surface area contributed by atoms with Crippen molar-refractivity contribution in [3.63, 3.8) is 0 Å². The van der Waals surface area contributed by atoms with Gasteiger partial charge in [0, 0.05) is 25.2 Å². The van der Waals surface area contributed by atoms with Crippen molar-refractivity contribution in [2.24, 2.45) is 4.99 Å². The predicted octanol–water partition coefficient (Wildman–Crippen LogP) is 5.74. The van der Waals surface area contributed by atoms with Gasteiger partial charge in [0.15, 0.2) is 0 Å². The number of nitrogens with one attached hydrogen (secondary N) is 1. The van der Waals surface area contributed by atoms with Crippen LogP contribution in [0.15, 0.2) is 35.3 Å². The van der Waals surface area contributed by atoms with E-state index in [0.29, 0.717) is 11.5 Å². The lowest BCUT2D eigenvalue weighted by atomic mass is 10.1. The maximum atomic E-state index is 13.2. The Kier molecular flexibility index (Phi) is 5.61. The highest BCUT2D eigenvalue weighted by Gasteiger charge is 2.09. The fraction of sp³-hybridized carbons (Fsp3) is 0.278. The van der Waals surface area contributed by atoms with Gasteiger partial charge in [-0.25, -0.2) is 4.39 Å². The largest absolute Gasteiger partial charge is 0.457 e. The molecule has 2 aromatic carbocycles. The molecular formula is C18H20ClFN2O. The number of ether oxygens (including phenoxy) is 1. The van der Waals surface area contributed by atoms with Crippen molar-refractivity contribution in [1.82, 2.24) is 0 Å². The Balaban J connectivity index is 2.27. The highest BCUT2D eigenvalue weighted by Crippen LogP contribution is 2.31. The third-order valence-electron chi connectivity index (χ3n) is 3.52. The fourth-order valence-corrected chi connectivity index (χ4v) is 2.33. The summed E-state index contributed by atoms with van der Waals surface area (Å²) in [5.41, 5.74) is 2.99. The number of benzene rings is 2. The molecule has 0 aliphatic heterocycles. The molecule has 23 heavy (non-hydrogen) atoms. The van der Waals surface area contributed by atoms with Crippen LogP contribution in [0, 0.1) is 19.7 Å². The van der Waals surface area contributed by atoms with Gasteiger partial charge in [0.05, 0.1) is 5.02 Å². The Bertz CT molecular complexity index is 744. The summed E-state index contributed by atoms with van der Waals surface area (Å²) in [5, 5.41) is 3.36. The van der Waals surface area contributed by atoms with Gasteiger partial charge >= 0.3 is 0 Å². The average molecular weight is 335 g/mol. The van der Waals surface area contributed by atoms with Crippen molar-refractivity contribution < 1.29 is 9.13 Å². The van der Waals surface area contributed by atoms with Gasteiger partial charge in [-0.3, -0.25) is 4.99 Å². The number of hydrogen-bond acceptors (Lipinski definition) is 2. The maximum absolute atomic E-state index is 13.2. The smallest absolute Gasteiger partial charge is 0.142 e. The molecule has 0 saturated heterocycles. The van der Waals surface area contributed by atoms with E-state index >= 15 is 0 Å². The first-order valence-electron chi connectivity index (χ1n) is 7.41. The SMILES string of the molecule is CCC(=NC)Nc1cc(C)c(Oc2ccc(F)c(Cl)c2)cc1C. The van der Waals surface area contributed by atoms with E-state index in [1.54, 1.807) is 13.1 Å². The van der Waals surface area contributed by atoms with Gasteiger partial charge in [-0.1, -0.05) is 18.5 Å². The van der Waals surface area contributed by atoms with E-state index in [9.17, 15) is 4.39 Å². The fourth-order valence-electron chi connectivity index (χ4n) is 2.16. The number of nitrogens with zero attached hydrogens (tertiary/aromatic N) is 1. The molecule has 0 aliphatic rings. The van der Waals surface area contributed by atoms with Crippen LogP contribution in [-0.2, 0) is 0 Å². The summed E-state index contributed by atoms with van der Waals surface area (Å²) in [6, 6.07) is 8.27. The summed E-state index contributed by atoms with van der Waals surface area (Å²) in [6.07, 6.45) is 0.835. The average Bonchev–Trinajstić information content (AvgIpc) is 2.52. The van der Waals surface area contributed by atoms with E-state index in [-0.39, 0.29) is 5.02 Å². The highest BCUT2D eigenvalue weighted by atomic mass is 35.5. The Labute approximate surface area is 141 Å². The number of aryl methyl sites for hydroxylation is 2. The number of aliphatic imine (C=N–C) groups is 1. The van der Waals surface area contributed by atoms with Gasteiger partial charge in [0.2, 0.25) is 0 Å². The van der Waals surface area contributed by atoms with Gasteiger partial charge < -0.3 is 10.1 Å². The van der Waals surface area contributed by atoms with Crippen LogP contribution >= 0.6 is 11.6 Å². The Morgan fingerprint density at radius 3 is 2.57 bits per heavy atom. The molecule has 3 nitrogen and oxygen atoms in total. The van der Waals surface area contributed by atoms with E-state index in [1.165, 1.54) is 12.1 Å². The minimum atomic E-state index is -0.461. The minimum Gasteiger partial charge on any atom is -0.457 e. The number of amidine groups is 1. The molecule has 122 valence electrons. The number of hydrogen-bond donors (Lipinski definition) is 1. The summed E-state index contributed by atoms with van der Waals surface area (Å²) in [6.45, 7) is 6.00. The number of anilines is 1. The van der Waals surface area contributed by atoms with Crippen molar-refractivity contribution in [3.05, 3.63) is 52.3 Å². The summed E-state index contributed by atoms with van der Waals surface area (Å²) >= 11 is 5.79. The van der Waals surface area contributed by atoms with Crippen molar-refractivity contribution >= 4 is 23.1 Å². The van der Waals surface area contributed by atoms with Crippen LogP contribution in [0.5, 0.6) is 11.5 Å². The molecule has 1 N–H and O–H groups in total. The first-order chi connectivity index (χ1) is 10.9. The standard InChI is InChI=1S/C18H20ClFN2O/c1-5-18(21-4)22-16-8-12(3)17(9-11(16)2)23-13-6-7-15(20)14(19)10-13/h6-10H,5H2,1-4H3,(H,21,22). The topological polar surface area (TPSA) is 33.6 Å². The normalized spacial score (nSPS) is 11.5. The molecule has 0 fully saturated rings. The molecule has 0 atom stereocenters. The van der Waals surface area contributed by atoms with Crippen LogP contribution in [-0.4, -0.2) is 12.9 Å². The zero-order valence-corrected chi connectivity index (χ0v) is 14.5. The predicted molar refractivity (Wildman–Crippen MR) is 94.7 cm³/mol. The van der Waals surface area contributed by atoms with Gasteiger partial charge in [-0.2, -0.15) is 0 Å². The second-order valence-corrected chi connectivity index (χ2v) is 5.67. The number of halogens is 2. The van der Waals surface area contributed by atoms with Gasteiger partial charge in [-0.15, -0.1) is 0 Å². The third-order valence-corrected chi connectivity index (χ3v) is 3.81. The molecular weight excluding hydrogens is 315 g/mol. The zero-order chi connectivity index (χ0) is 17.0. The van der Waals surface area contributed by atoms with Gasteiger partial charge in [0.25, 0.3) is 0 Å². The molecule has 0 spiro atoms. The van der Waals surface area contributed by atoms with Crippen molar-refractivity contribution in [3.8, 4) is 11.5 Å². The third kappa shape index (κ3) is 4.23. The van der Waals surface area contributed by atoms with E-state index in [2.05, 4.69) is 10.3 Å². The summed E-state index contributed by atoms with van der Waals surface area (Å²) in [5.74, 6) is 1.68. The van der Waals surface area contributed by atoms with Gasteiger partial charge in [-0.05, 0) is 49.2 Å². The molecule has 0 bridgehead atoms. The second-order valence-electron chi connectivity index (χ2n) is 5.26. The van der Waals surface area contributed by atoms with E-state index in [4.69, 9.17) is 16.3 Å². The van der Waals surface area contributed by atoms with E-state index in [0.717, 1.165) is 29.1 Å². The van der Waals surface area contributed by atoms with E-state index in [1.807, 2.05) is 32.9 Å². The molecule has 0 amide bonds. The van der Waals surface area contributed by atoms with Crippen molar-refractivity contribution in [1.29, 1.82) is 0 Å². The summed E-state index contributed by atoms with van der Waals surface area (Å²) in [7, 11) is 1.77. The molecule has 0 aromatic heterocycles. The Morgan fingerprint density at radius 1 is 1.22 bits per heavy atom. The zero-order valence-electron chi connectivity index (χ0n) is 13.7. The molecule has 0 unspecified atom stereocenters. The Morgan fingerprint density at radius 2 is 1.96 bits per heavy atom. The lowest BCUT2D eigenvalue weighted by Crippen LogP contribution is -2.11. The van der Waals surface area contributed by atoms with Gasteiger partial charge in [0.1, 0.15) is 23.2 Å². The molecule has 0 radical (unpaired) electrons. The van der Waals surface area contributed by atoms with Crippen LogP contribution in [0.1, 0.15) is 24.5 Å². The molecule has 5 heteroatoms. The highest BCUT2D eigenvalue weighted by molar-refractivity contribution is 6.30. The quantitative estimate of drug-likeness (QED) is 0.571. The minimum absolute atomic E-state index is 0.0434. The Hall–Kier alpha value is -2.07. The van der Waals surface area contributed by atoms with Crippen molar-refractivity contribution in [2.45, 2.75) is 27.2 Å². The summed E-state index contributed by atoms with van der Waals surface area (Å²) in [4.78, 5) is 4.20. The monoisotopic (exact) mass is 334 g/mol. The van der Waals surface area contributed by atoms with Crippen LogP contribution in [0.3, 0.4) is 0 Å².